The number of aliphatic carboxylic acids is 1. The second-order valence-corrected chi connectivity index (χ2v) is 7.83. The van der Waals surface area contributed by atoms with E-state index in [-0.39, 0.29) is 17.3 Å². The highest BCUT2D eigenvalue weighted by Crippen LogP contribution is 2.28. The Balaban J connectivity index is 2.46. The van der Waals surface area contributed by atoms with Crippen molar-refractivity contribution in [2.24, 2.45) is 5.92 Å². The SMILES string of the molecule is CCOC(=O)c1oc2ccc(S(=O)(=O)NC(C(=O)O)C(C)C)cc2c1C. The van der Waals surface area contributed by atoms with Crippen molar-refractivity contribution in [3.05, 3.63) is 29.5 Å². The lowest BCUT2D eigenvalue weighted by atomic mass is 10.1. The third-order valence-electron chi connectivity index (χ3n) is 3.89. The molecular weight excluding hydrogens is 362 g/mol. The van der Waals surface area contributed by atoms with Gasteiger partial charge in [0, 0.05) is 10.9 Å². The smallest absolute Gasteiger partial charge is 0.374 e. The Morgan fingerprint density at radius 3 is 2.50 bits per heavy atom. The first-order chi connectivity index (χ1) is 12.1. The van der Waals surface area contributed by atoms with Crippen molar-refractivity contribution in [1.82, 2.24) is 4.72 Å². The Morgan fingerprint density at radius 1 is 1.31 bits per heavy atom. The number of ether oxygens (including phenoxy) is 1. The van der Waals surface area contributed by atoms with Crippen LogP contribution in [0.15, 0.2) is 27.5 Å². The number of furan rings is 1. The fourth-order valence-corrected chi connectivity index (χ4v) is 3.83. The quantitative estimate of drug-likeness (QED) is 0.703. The summed E-state index contributed by atoms with van der Waals surface area (Å²) in [6.45, 7) is 6.69. The van der Waals surface area contributed by atoms with Crippen LogP contribution in [-0.4, -0.2) is 38.1 Å². The maximum Gasteiger partial charge on any atom is 0.374 e. The standard InChI is InChI=1S/C17H21NO7S/c1-5-24-17(21)15-10(4)12-8-11(6-7-13(12)25-15)26(22,23)18-14(9(2)3)16(19)20/h6-9,14,18H,5H2,1-4H3,(H,19,20). The molecule has 1 aromatic carbocycles. The highest BCUT2D eigenvalue weighted by atomic mass is 32.2. The molecule has 0 fully saturated rings. The van der Waals surface area contributed by atoms with Crippen LogP contribution in [0.5, 0.6) is 0 Å². The Bertz CT molecular complexity index is 943. The molecule has 0 aliphatic heterocycles. The fourth-order valence-electron chi connectivity index (χ4n) is 2.47. The summed E-state index contributed by atoms with van der Waals surface area (Å²) in [5.74, 6) is -2.31. The van der Waals surface area contributed by atoms with Gasteiger partial charge in [0.2, 0.25) is 15.8 Å². The molecular formula is C17H21NO7S. The minimum absolute atomic E-state index is 0.00921. The van der Waals surface area contributed by atoms with E-state index in [0.29, 0.717) is 16.5 Å². The Kier molecular flexibility index (Phi) is 5.72. The molecule has 1 atom stereocenters. The lowest BCUT2D eigenvalue weighted by Crippen LogP contribution is -2.44. The van der Waals surface area contributed by atoms with E-state index < -0.39 is 33.9 Å². The first-order valence-electron chi connectivity index (χ1n) is 8.04. The Labute approximate surface area is 151 Å². The minimum atomic E-state index is -4.07. The molecule has 0 saturated heterocycles. The molecule has 142 valence electrons. The average molecular weight is 383 g/mol. The molecule has 1 unspecified atom stereocenters. The molecule has 0 aliphatic rings. The zero-order valence-corrected chi connectivity index (χ0v) is 15.7. The lowest BCUT2D eigenvalue weighted by Gasteiger charge is -2.18. The predicted octanol–water partition coefficient (Wildman–Crippen LogP) is 2.31. The molecule has 0 bridgehead atoms. The van der Waals surface area contributed by atoms with Gasteiger partial charge < -0.3 is 14.3 Å². The largest absolute Gasteiger partial charge is 0.480 e. The van der Waals surface area contributed by atoms with Gasteiger partial charge in [0.05, 0.1) is 11.5 Å². The molecule has 2 aromatic rings. The van der Waals surface area contributed by atoms with Crippen molar-refractivity contribution in [1.29, 1.82) is 0 Å². The number of rotatable bonds is 7. The normalized spacial score (nSPS) is 13.1. The number of esters is 1. The van der Waals surface area contributed by atoms with Gasteiger partial charge in [-0.05, 0) is 38.0 Å². The van der Waals surface area contributed by atoms with E-state index in [4.69, 9.17) is 9.15 Å². The molecule has 1 heterocycles. The number of hydrogen-bond acceptors (Lipinski definition) is 6. The summed E-state index contributed by atoms with van der Waals surface area (Å²) in [4.78, 5) is 23.0. The number of sulfonamides is 1. The van der Waals surface area contributed by atoms with E-state index in [1.165, 1.54) is 18.2 Å². The van der Waals surface area contributed by atoms with E-state index in [1.807, 2.05) is 0 Å². The zero-order valence-electron chi connectivity index (χ0n) is 14.9. The van der Waals surface area contributed by atoms with E-state index in [2.05, 4.69) is 4.72 Å². The van der Waals surface area contributed by atoms with Crippen molar-refractivity contribution in [3.8, 4) is 0 Å². The molecule has 0 spiro atoms. The second kappa shape index (κ2) is 7.46. The van der Waals surface area contributed by atoms with Crippen LogP contribution >= 0.6 is 0 Å². The number of aryl methyl sites for hydroxylation is 1. The van der Waals surface area contributed by atoms with E-state index >= 15 is 0 Å². The summed E-state index contributed by atoms with van der Waals surface area (Å²) in [7, 11) is -4.07. The summed E-state index contributed by atoms with van der Waals surface area (Å²) in [5.41, 5.74) is 0.789. The third kappa shape index (κ3) is 3.88. The van der Waals surface area contributed by atoms with Crippen LogP contribution in [-0.2, 0) is 19.6 Å². The molecule has 0 saturated carbocycles. The highest BCUT2D eigenvalue weighted by molar-refractivity contribution is 7.89. The van der Waals surface area contributed by atoms with Crippen LogP contribution in [0.3, 0.4) is 0 Å². The van der Waals surface area contributed by atoms with Crippen molar-refractivity contribution in [3.63, 3.8) is 0 Å². The molecule has 9 heteroatoms. The number of fused-ring (bicyclic) bond motifs is 1. The molecule has 0 aliphatic carbocycles. The maximum atomic E-state index is 12.6. The number of nitrogens with one attached hydrogen (secondary N) is 1. The third-order valence-corrected chi connectivity index (χ3v) is 5.33. The number of hydrogen-bond donors (Lipinski definition) is 2. The van der Waals surface area contributed by atoms with Gasteiger partial charge >= 0.3 is 11.9 Å². The summed E-state index contributed by atoms with van der Waals surface area (Å²) < 4.78 is 37.7. The molecule has 1 aromatic heterocycles. The Hall–Kier alpha value is -2.39. The van der Waals surface area contributed by atoms with Gasteiger partial charge in [0.15, 0.2) is 0 Å². The summed E-state index contributed by atoms with van der Waals surface area (Å²) in [6.07, 6.45) is 0. The highest BCUT2D eigenvalue weighted by Gasteiger charge is 2.29. The van der Waals surface area contributed by atoms with Crippen LogP contribution in [0.2, 0.25) is 0 Å². The van der Waals surface area contributed by atoms with Crippen LogP contribution in [0.25, 0.3) is 11.0 Å². The topological polar surface area (TPSA) is 123 Å². The van der Waals surface area contributed by atoms with E-state index in [0.717, 1.165) is 0 Å². The van der Waals surface area contributed by atoms with Crippen molar-refractivity contribution in [2.75, 3.05) is 6.61 Å². The molecule has 26 heavy (non-hydrogen) atoms. The maximum absolute atomic E-state index is 12.6. The van der Waals surface area contributed by atoms with Gasteiger partial charge in [-0.2, -0.15) is 4.72 Å². The van der Waals surface area contributed by atoms with Crippen molar-refractivity contribution < 1.29 is 32.3 Å². The zero-order chi connectivity index (χ0) is 19.6. The monoisotopic (exact) mass is 383 g/mol. The van der Waals surface area contributed by atoms with Crippen LogP contribution in [0.1, 0.15) is 36.9 Å². The van der Waals surface area contributed by atoms with Gasteiger partial charge in [-0.1, -0.05) is 13.8 Å². The van der Waals surface area contributed by atoms with Gasteiger partial charge in [-0.15, -0.1) is 0 Å². The predicted molar refractivity (Wildman–Crippen MR) is 93.5 cm³/mol. The molecule has 2 N–H and O–H groups in total. The fraction of sp³-hybridized carbons (Fsp3) is 0.412. The van der Waals surface area contributed by atoms with Crippen molar-refractivity contribution in [2.45, 2.75) is 38.6 Å². The number of carbonyl (C=O) groups excluding carboxylic acids is 1. The van der Waals surface area contributed by atoms with E-state index in [9.17, 15) is 23.1 Å². The van der Waals surface area contributed by atoms with E-state index in [1.54, 1.807) is 27.7 Å². The lowest BCUT2D eigenvalue weighted by molar-refractivity contribution is -0.140. The first-order valence-corrected chi connectivity index (χ1v) is 9.52. The molecule has 0 radical (unpaired) electrons. The number of carbonyl (C=O) groups is 2. The van der Waals surface area contributed by atoms with Crippen LogP contribution < -0.4 is 4.72 Å². The van der Waals surface area contributed by atoms with Gasteiger partial charge in [0.1, 0.15) is 11.6 Å². The number of carboxylic acids is 1. The van der Waals surface area contributed by atoms with Crippen LogP contribution in [0.4, 0.5) is 0 Å². The number of carboxylic acid groups (broad SMARTS) is 1. The van der Waals surface area contributed by atoms with Gasteiger partial charge in [0.25, 0.3) is 0 Å². The number of benzene rings is 1. The average Bonchev–Trinajstić information content (AvgIpc) is 2.89. The minimum Gasteiger partial charge on any atom is -0.480 e. The first kappa shape index (κ1) is 19.9. The van der Waals surface area contributed by atoms with Gasteiger partial charge in [-0.25, -0.2) is 13.2 Å². The summed E-state index contributed by atoms with van der Waals surface area (Å²) in [6, 6.07) is 2.81. The molecule has 2 rings (SSSR count). The Morgan fingerprint density at radius 2 is 1.96 bits per heavy atom. The summed E-state index contributed by atoms with van der Waals surface area (Å²) in [5, 5.41) is 9.63. The molecule has 0 amide bonds. The summed E-state index contributed by atoms with van der Waals surface area (Å²) >= 11 is 0. The van der Waals surface area contributed by atoms with Gasteiger partial charge in [-0.3, -0.25) is 4.79 Å². The van der Waals surface area contributed by atoms with Crippen LogP contribution in [0, 0.1) is 12.8 Å². The second-order valence-electron chi connectivity index (χ2n) is 6.12. The van der Waals surface area contributed by atoms with Crippen molar-refractivity contribution >= 4 is 32.9 Å². The molecule has 8 nitrogen and oxygen atoms in total.